The molecule has 2 aromatic rings. The van der Waals surface area contributed by atoms with Gasteiger partial charge in [-0.1, -0.05) is 26.0 Å². The lowest BCUT2D eigenvalue weighted by Crippen LogP contribution is -2.28. The van der Waals surface area contributed by atoms with Crippen LogP contribution in [-0.4, -0.2) is 21.8 Å². The fraction of sp³-hybridized carbons (Fsp3) is 0.368. The van der Waals surface area contributed by atoms with Gasteiger partial charge in [0, 0.05) is 18.3 Å². The minimum absolute atomic E-state index is 0.0273. The molecule has 1 aromatic carbocycles. The number of aromatic nitrogens is 2. The number of anilines is 1. The van der Waals surface area contributed by atoms with Crippen LogP contribution >= 0.6 is 0 Å². The molecule has 6 nitrogen and oxygen atoms in total. The molecule has 0 fully saturated rings. The van der Waals surface area contributed by atoms with E-state index in [-0.39, 0.29) is 17.9 Å². The van der Waals surface area contributed by atoms with Gasteiger partial charge < -0.3 is 10.6 Å². The van der Waals surface area contributed by atoms with Gasteiger partial charge in [-0.2, -0.15) is 0 Å². The van der Waals surface area contributed by atoms with Gasteiger partial charge in [-0.05, 0) is 38.0 Å². The zero-order valence-corrected chi connectivity index (χ0v) is 15.1. The number of carbonyl (C=O) groups is 2. The third-order valence-corrected chi connectivity index (χ3v) is 3.93. The van der Waals surface area contributed by atoms with Crippen molar-refractivity contribution in [1.29, 1.82) is 0 Å². The summed E-state index contributed by atoms with van der Waals surface area (Å²) in [6, 6.07) is 7.27. The normalized spacial score (nSPS) is 11.7. The zero-order chi connectivity index (χ0) is 18.4. The molecule has 0 aliphatic heterocycles. The lowest BCUT2D eigenvalue weighted by Gasteiger charge is -2.16. The maximum absolute atomic E-state index is 12.5. The van der Waals surface area contributed by atoms with E-state index in [1.807, 2.05) is 45.0 Å². The number of hydrogen-bond donors (Lipinski definition) is 2. The van der Waals surface area contributed by atoms with Crippen LogP contribution in [0.5, 0.6) is 0 Å². The molecule has 0 aliphatic rings. The minimum atomic E-state index is -0.187. The Bertz CT molecular complexity index is 757. The molecule has 132 valence electrons. The highest BCUT2D eigenvalue weighted by atomic mass is 16.2. The Balaban J connectivity index is 2.07. The van der Waals surface area contributed by atoms with Gasteiger partial charge in [-0.25, -0.2) is 9.97 Å². The monoisotopic (exact) mass is 340 g/mol. The van der Waals surface area contributed by atoms with E-state index in [4.69, 9.17) is 0 Å². The van der Waals surface area contributed by atoms with E-state index in [2.05, 4.69) is 20.6 Å². The number of benzene rings is 1. The van der Waals surface area contributed by atoms with Crippen LogP contribution in [0, 0.1) is 6.92 Å². The van der Waals surface area contributed by atoms with Gasteiger partial charge in [0.15, 0.2) is 0 Å². The first-order chi connectivity index (χ1) is 11.9. The second-order valence-electron chi connectivity index (χ2n) is 5.85. The molecule has 6 heteroatoms. The third-order valence-electron chi connectivity index (χ3n) is 3.93. The van der Waals surface area contributed by atoms with Gasteiger partial charge in [0.25, 0.3) is 5.91 Å². The highest BCUT2D eigenvalue weighted by Gasteiger charge is 2.16. The molecular formula is C19H24N4O2. The van der Waals surface area contributed by atoms with Crippen LogP contribution in [0.4, 0.5) is 5.69 Å². The molecular weight excluding hydrogens is 316 g/mol. The van der Waals surface area contributed by atoms with Crippen LogP contribution in [0.25, 0.3) is 0 Å². The van der Waals surface area contributed by atoms with Crippen LogP contribution in [0.2, 0.25) is 0 Å². The smallest absolute Gasteiger partial charge is 0.255 e. The molecule has 1 aromatic heterocycles. The van der Waals surface area contributed by atoms with Gasteiger partial charge in [0.1, 0.15) is 5.82 Å². The second kappa shape index (κ2) is 8.37. The van der Waals surface area contributed by atoms with Crippen LogP contribution in [0.1, 0.15) is 60.7 Å². The first-order valence-corrected chi connectivity index (χ1v) is 8.47. The van der Waals surface area contributed by atoms with Crippen LogP contribution in [-0.2, 0) is 11.2 Å². The largest absolute Gasteiger partial charge is 0.345 e. The van der Waals surface area contributed by atoms with Gasteiger partial charge >= 0.3 is 0 Å². The SMILES string of the molecule is CCC(=O)Nc1ccc([C@H](C)NC(=O)c2cnc(C)nc2CC)cc1. The Morgan fingerprint density at radius 1 is 1.16 bits per heavy atom. The van der Waals surface area contributed by atoms with E-state index in [1.165, 1.54) is 0 Å². The van der Waals surface area contributed by atoms with Crippen molar-refractivity contribution in [1.82, 2.24) is 15.3 Å². The van der Waals surface area contributed by atoms with Crippen molar-refractivity contribution in [3.63, 3.8) is 0 Å². The molecule has 0 saturated heterocycles. The van der Waals surface area contributed by atoms with E-state index in [0.29, 0.717) is 24.2 Å². The summed E-state index contributed by atoms with van der Waals surface area (Å²) in [6.07, 6.45) is 2.69. The summed E-state index contributed by atoms with van der Waals surface area (Å²) in [5.41, 5.74) is 2.95. The maximum Gasteiger partial charge on any atom is 0.255 e. The van der Waals surface area contributed by atoms with Crippen molar-refractivity contribution >= 4 is 17.5 Å². The average Bonchev–Trinajstić information content (AvgIpc) is 2.61. The summed E-state index contributed by atoms with van der Waals surface area (Å²) < 4.78 is 0. The van der Waals surface area contributed by atoms with Crippen molar-refractivity contribution in [3.8, 4) is 0 Å². The van der Waals surface area contributed by atoms with E-state index < -0.39 is 0 Å². The van der Waals surface area contributed by atoms with Crippen molar-refractivity contribution in [3.05, 3.63) is 53.1 Å². The van der Waals surface area contributed by atoms with Gasteiger partial charge in [0.05, 0.1) is 17.3 Å². The number of amides is 2. The van der Waals surface area contributed by atoms with Crippen LogP contribution in [0.15, 0.2) is 30.5 Å². The first kappa shape index (κ1) is 18.6. The molecule has 0 unspecified atom stereocenters. The highest BCUT2D eigenvalue weighted by Crippen LogP contribution is 2.17. The summed E-state index contributed by atoms with van der Waals surface area (Å²) in [7, 11) is 0. The summed E-state index contributed by atoms with van der Waals surface area (Å²) in [5.74, 6) is 0.444. The number of aryl methyl sites for hydroxylation is 2. The van der Waals surface area contributed by atoms with Crippen LogP contribution < -0.4 is 10.6 Å². The quantitative estimate of drug-likeness (QED) is 0.846. The maximum atomic E-state index is 12.5. The van der Waals surface area contributed by atoms with Crippen molar-refractivity contribution in [2.75, 3.05) is 5.32 Å². The predicted molar refractivity (Wildman–Crippen MR) is 97.4 cm³/mol. The van der Waals surface area contributed by atoms with Crippen LogP contribution in [0.3, 0.4) is 0 Å². The van der Waals surface area contributed by atoms with Gasteiger partial charge in [0.2, 0.25) is 5.91 Å². The minimum Gasteiger partial charge on any atom is -0.345 e. The summed E-state index contributed by atoms with van der Waals surface area (Å²) in [4.78, 5) is 32.4. The third kappa shape index (κ3) is 4.86. The van der Waals surface area contributed by atoms with Gasteiger partial charge in [-0.15, -0.1) is 0 Å². The highest BCUT2D eigenvalue weighted by molar-refractivity contribution is 5.95. The van der Waals surface area contributed by atoms with Crippen molar-refractivity contribution < 1.29 is 9.59 Å². The Morgan fingerprint density at radius 3 is 2.44 bits per heavy atom. The molecule has 2 N–H and O–H groups in total. The molecule has 0 aliphatic carbocycles. The number of nitrogens with zero attached hydrogens (tertiary/aromatic N) is 2. The Kier molecular flexibility index (Phi) is 6.22. The predicted octanol–water partition coefficient (Wildman–Crippen LogP) is 3.19. The molecule has 0 radical (unpaired) electrons. The molecule has 0 saturated carbocycles. The van der Waals surface area contributed by atoms with E-state index in [1.54, 1.807) is 13.1 Å². The molecule has 0 spiro atoms. The molecule has 0 bridgehead atoms. The second-order valence-corrected chi connectivity index (χ2v) is 5.85. The lowest BCUT2D eigenvalue weighted by atomic mass is 10.1. The average molecular weight is 340 g/mol. The van der Waals surface area contributed by atoms with Crippen molar-refractivity contribution in [2.24, 2.45) is 0 Å². The number of nitrogens with one attached hydrogen (secondary N) is 2. The number of carbonyl (C=O) groups excluding carboxylic acids is 2. The van der Waals surface area contributed by atoms with E-state index >= 15 is 0 Å². The summed E-state index contributed by atoms with van der Waals surface area (Å²) in [6.45, 7) is 7.49. The molecule has 2 rings (SSSR count). The van der Waals surface area contributed by atoms with Gasteiger partial charge in [-0.3, -0.25) is 9.59 Å². The molecule has 1 atom stereocenters. The molecule has 2 amide bonds. The number of rotatable bonds is 6. The summed E-state index contributed by atoms with van der Waals surface area (Å²) >= 11 is 0. The Hall–Kier alpha value is -2.76. The summed E-state index contributed by atoms with van der Waals surface area (Å²) in [5, 5.41) is 5.77. The van der Waals surface area contributed by atoms with Crippen molar-refractivity contribution in [2.45, 2.75) is 46.6 Å². The topological polar surface area (TPSA) is 84.0 Å². The molecule has 25 heavy (non-hydrogen) atoms. The standard InChI is InChI=1S/C19H24N4O2/c1-5-17-16(11-20-13(4)22-17)19(25)21-12(3)14-7-9-15(10-8-14)23-18(24)6-2/h7-12H,5-6H2,1-4H3,(H,21,25)(H,23,24)/t12-/m0/s1. The Labute approximate surface area is 148 Å². The van der Waals surface area contributed by atoms with E-state index in [9.17, 15) is 9.59 Å². The zero-order valence-electron chi connectivity index (χ0n) is 15.1. The fourth-order valence-electron chi connectivity index (χ4n) is 2.44. The molecule has 1 heterocycles. The Morgan fingerprint density at radius 2 is 1.84 bits per heavy atom. The van der Waals surface area contributed by atoms with E-state index in [0.717, 1.165) is 16.9 Å². The fourth-order valence-corrected chi connectivity index (χ4v) is 2.44. The first-order valence-electron chi connectivity index (χ1n) is 8.47. The number of hydrogen-bond acceptors (Lipinski definition) is 4. The lowest BCUT2D eigenvalue weighted by molar-refractivity contribution is -0.115.